The van der Waals surface area contributed by atoms with Crippen LogP contribution in [-0.4, -0.2) is 22.5 Å². The molecule has 0 N–H and O–H groups in total. The molecule has 1 aromatic rings. The van der Waals surface area contributed by atoms with E-state index >= 15 is 0 Å². The lowest BCUT2D eigenvalue weighted by Crippen LogP contribution is -1.66. The van der Waals surface area contributed by atoms with Crippen LogP contribution in [0, 0.1) is 0 Å². The average Bonchev–Trinajstić information content (AvgIpc) is 2.12. The molecule has 0 saturated heterocycles. The monoisotopic (exact) mass is 172 g/mol. The zero-order valence-electron chi connectivity index (χ0n) is 7.61. The van der Waals surface area contributed by atoms with Crippen molar-refractivity contribution in [2.24, 2.45) is 0 Å². The standard InChI is InChI=1S/C4H4N2.C2H6S.C2H6/c1-2-5-4-6-3-1;1-3-2;1-2/h1-4H;1-2H3;1-2H3. The van der Waals surface area contributed by atoms with E-state index in [0.717, 1.165) is 0 Å². The molecule has 1 heterocycles. The summed E-state index contributed by atoms with van der Waals surface area (Å²) in [5.74, 6) is 0. The van der Waals surface area contributed by atoms with Gasteiger partial charge in [0, 0.05) is 12.4 Å². The summed E-state index contributed by atoms with van der Waals surface area (Å²) in [6, 6.07) is 1.78. The first-order valence-corrected chi connectivity index (χ1v) is 5.15. The van der Waals surface area contributed by atoms with Gasteiger partial charge >= 0.3 is 0 Å². The highest BCUT2D eigenvalue weighted by Gasteiger charge is 1.59. The lowest BCUT2D eigenvalue weighted by atomic mass is 10.7. The third kappa shape index (κ3) is 17.7. The summed E-state index contributed by atoms with van der Waals surface area (Å²) in [4.78, 5) is 7.35. The molecule has 0 unspecified atom stereocenters. The molecule has 0 fully saturated rings. The van der Waals surface area contributed by atoms with Crippen molar-refractivity contribution in [3.05, 3.63) is 24.8 Å². The second-order valence-corrected chi connectivity index (χ2v) is 2.13. The molecule has 0 bridgehead atoms. The quantitative estimate of drug-likeness (QED) is 0.601. The van der Waals surface area contributed by atoms with Crippen molar-refractivity contribution in [3.8, 4) is 0 Å². The Hall–Kier alpha value is -0.570. The van der Waals surface area contributed by atoms with Crippen molar-refractivity contribution in [2.45, 2.75) is 13.8 Å². The Morgan fingerprint density at radius 3 is 1.45 bits per heavy atom. The molecule has 0 spiro atoms. The predicted molar refractivity (Wildman–Crippen MR) is 52.8 cm³/mol. The first-order chi connectivity index (χ1) is 5.41. The van der Waals surface area contributed by atoms with Crippen LogP contribution >= 0.6 is 11.8 Å². The summed E-state index contributed by atoms with van der Waals surface area (Å²) < 4.78 is 0. The number of hydrogen-bond acceptors (Lipinski definition) is 3. The van der Waals surface area contributed by atoms with E-state index in [9.17, 15) is 0 Å². The summed E-state index contributed by atoms with van der Waals surface area (Å²) in [5.41, 5.74) is 0. The third-order valence-electron chi connectivity index (χ3n) is 0.478. The maximum Gasteiger partial charge on any atom is 0.115 e. The maximum atomic E-state index is 3.67. The Bertz CT molecular complexity index is 94.9. The Morgan fingerprint density at radius 1 is 1.00 bits per heavy atom. The van der Waals surface area contributed by atoms with Crippen molar-refractivity contribution < 1.29 is 0 Å². The number of aromatic nitrogens is 2. The van der Waals surface area contributed by atoms with E-state index in [1.807, 2.05) is 26.4 Å². The molecule has 11 heavy (non-hydrogen) atoms. The summed E-state index contributed by atoms with van der Waals surface area (Å²) in [5, 5.41) is 0. The van der Waals surface area contributed by atoms with Crippen LogP contribution in [0.25, 0.3) is 0 Å². The molecule has 64 valence electrons. The third-order valence-corrected chi connectivity index (χ3v) is 0.478. The van der Waals surface area contributed by atoms with Gasteiger partial charge in [-0.05, 0) is 18.6 Å². The normalized spacial score (nSPS) is 6.55. The largest absolute Gasteiger partial charge is 0.245 e. The van der Waals surface area contributed by atoms with Gasteiger partial charge in [-0.25, -0.2) is 9.97 Å². The fraction of sp³-hybridized carbons (Fsp3) is 0.500. The van der Waals surface area contributed by atoms with Gasteiger partial charge in [-0.1, -0.05) is 13.8 Å². The Labute approximate surface area is 73.5 Å². The van der Waals surface area contributed by atoms with Gasteiger partial charge in [0.05, 0.1) is 0 Å². The van der Waals surface area contributed by atoms with Crippen LogP contribution in [0.4, 0.5) is 0 Å². The molecule has 0 atom stereocenters. The molecule has 0 aliphatic rings. The molecule has 0 radical (unpaired) electrons. The molecule has 0 aromatic carbocycles. The van der Waals surface area contributed by atoms with Crippen molar-refractivity contribution in [2.75, 3.05) is 12.5 Å². The van der Waals surface area contributed by atoms with E-state index in [2.05, 4.69) is 9.97 Å². The van der Waals surface area contributed by atoms with E-state index in [-0.39, 0.29) is 0 Å². The molecule has 1 aromatic heterocycles. The zero-order chi connectivity index (χ0) is 8.95. The van der Waals surface area contributed by atoms with E-state index in [1.165, 1.54) is 6.33 Å². The SMILES string of the molecule is CC.CSC.c1cncnc1. The molecule has 0 aliphatic carbocycles. The average molecular weight is 172 g/mol. The van der Waals surface area contributed by atoms with E-state index < -0.39 is 0 Å². The molecule has 3 heteroatoms. The topological polar surface area (TPSA) is 25.8 Å². The summed E-state index contributed by atoms with van der Waals surface area (Å²) >= 11 is 1.75. The lowest BCUT2D eigenvalue weighted by Gasteiger charge is -1.70. The predicted octanol–water partition coefficient (Wildman–Crippen LogP) is 2.48. The number of rotatable bonds is 0. The minimum Gasteiger partial charge on any atom is -0.245 e. The Kier molecular flexibility index (Phi) is 19.2. The Morgan fingerprint density at radius 2 is 1.36 bits per heavy atom. The van der Waals surface area contributed by atoms with Crippen molar-refractivity contribution >= 4 is 11.8 Å². The second-order valence-electron chi connectivity index (χ2n) is 1.31. The highest BCUT2D eigenvalue weighted by atomic mass is 32.2. The molecule has 0 amide bonds. The summed E-state index contributed by atoms with van der Waals surface area (Å²) in [6.07, 6.45) is 8.96. The summed E-state index contributed by atoms with van der Waals surface area (Å²) in [7, 11) is 0. The lowest BCUT2D eigenvalue weighted by molar-refractivity contribution is 1.17. The minimum atomic E-state index is 1.50. The van der Waals surface area contributed by atoms with Crippen molar-refractivity contribution in [1.82, 2.24) is 9.97 Å². The first kappa shape index (κ1) is 13.1. The van der Waals surface area contributed by atoms with Gasteiger partial charge in [0.15, 0.2) is 0 Å². The van der Waals surface area contributed by atoms with E-state index in [0.29, 0.717) is 0 Å². The maximum absolute atomic E-state index is 3.67. The fourth-order valence-electron chi connectivity index (χ4n) is 0.253. The van der Waals surface area contributed by atoms with Crippen LogP contribution in [0.1, 0.15) is 13.8 Å². The van der Waals surface area contributed by atoms with Crippen LogP contribution in [0.2, 0.25) is 0 Å². The van der Waals surface area contributed by atoms with Gasteiger partial charge in [0.25, 0.3) is 0 Å². The molecule has 2 nitrogen and oxygen atoms in total. The van der Waals surface area contributed by atoms with Gasteiger partial charge in [-0.15, -0.1) is 0 Å². The second kappa shape index (κ2) is 16.2. The number of nitrogens with zero attached hydrogens (tertiary/aromatic N) is 2. The minimum absolute atomic E-state index is 1.50. The molecular weight excluding hydrogens is 156 g/mol. The van der Waals surface area contributed by atoms with Gasteiger partial charge in [-0.3, -0.25) is 0 Å². The van der Waals surface area contributed by atoms with Crippen LogP contribution in [0.5, 0.6) is 0 Å². The van der Waals surface area contributed by atoms with Gasteiger partial charge in [0.2, 0.25) is 0 Å². The fourth-order valence-corrected chi connectivity index (χ4v) is 0.253. The first-order valence-electron chi connectivity index (χ1n) is 3.52. The van der Waals surface area contributed by atoms with Crippen LogP contribution in [0.3, 0.4) is 0 Å². The van der Waals surface area contributed by atoms with Gasteiger partial charge in [-0.2, -0.15) is 11.8 Å². The van der Waals surface area contributed by atoms with Crippen molar-refractivity contribution in [3.63, 3.8) is 0 Å². The van der Waals surface area contributed by atoms with E-state index in [1.54, 1.807) is 30.2 Å². The van der Waals surface area contributed by atoms with Gasteiger partial charge < -0.3 is 0 Å². The summed E-state index contributed by atoms with van der Waals surface area (Å²) in [6.45, 7) is 4.00. The highest BCUT2D eigenvalue weighted by molar-refractivity contribution is 7.97. The number of thioether (sulfide) groups is 1. The van der Waals surface area contributed by atoms with Crippen LogP contribution < -0.4 is 0 Å². The molecular formula is C8H16N2S. The molecule has 0 aliphatic heterocycles. The van der Waals surface area contributed by atoms with Crippen molar-refractivity contribution in [1.29, 1.82) is 0 Å². The smallest absolute Gasteiger partial charge is 0.115 e. The van der Waals surface area contributed by atoms with Crippen LogP contribution in [0.15, 0.2) is 24.8 Å². The van der Waals surface area contributed by atoms with Crippen LogP contribution in [-0.2, 0) is 0 Å². The van der Waals surface area contributed by atoms with Gasteiger partial charge in [0.1, 0.15) is 6.33 Å². The Balaban J connectivity index is 0. The molecule has 1 rings (SSSR count). The highest BCUT2D eigenvalue weighted by Crippen LogP contribution is 1.70. The zero-order valence-corrected chi connectivity index (χ0v) is 8.43. The van der Waals surface area contributed by atoms with E-state index in [4.69, 9.17) is 0 Å². The molecule has 0 saturated carbocycles. The number of hydrogen-bond donors (Lipinski definition) is 0.